The highest BCUT2D eigenvalue weighted by Gasteiger charge is 2.19. The predicted octanol–water partition coefficient (Wildman–Crippen LogP) is 2.98. The Morgan fingerprint density at radius 1 is 1.62 bits per heavy atom. The fourth-order valence-corrected chi connectivity index (χ4v) is 1.97. The number of hydrogen-bond acceptors (Lipinski definition) is 2. The van der Waals surface area contributed by atoms with Crippen LogP contribution in [0.25, 0.3) is 0 Å². The maximum atomic E-state index is 12.2. The summed E-state index contributed by atoms with van der Waals surface area (Å²) in [5.41, 5.74) is 0.506. The number of carbonyl (C=O) groups excluding carboxylic acids is 1. The quantitative estimate of drug-likeness (QED) is 0.801. The van der Waals surface area contributed by atoms with Crippen LogP contribution in [0.2, 0.25) is 5.02 Å². The molecule has 0 aliphatic heterocycles. The van der Waals surface area contributed by atoms with Gasteiger partial charge in [-0.25, -0.2) is 0 Å². The largest absolute Gasteiger partial charge is 0.335 e. The molecule has 1 aromatic heterocycles. The van der Waals surface area contributed by atoms with Crippen molar-refractivity contribution in [1.29, 1.82) is 0 Å². The van der Waals surface area contributed by atoms with Gasteiger partial charge in [-0.2, -0.15) is 0 Å². The Bertz CT molecular complexity index is 371. The first-order valence-electron chi connectivity index (χ1n) is 5.04. The molecule has 0 atom stereocenters. The molecule has 5 heteroatoms. The van der Waals surface area contributed by atoms with E-state index in [1.807, 2.05) is 13.8 Å². The zero-order chi connectivity index (χ0) is 12.1. The smallest absolute Gasteiger partial charge is 0.255 e. The molecule has 3 nitrogen and oxygen atoms in total. The zero-order valence-electron chi connectivity index (χ0n) is 9.28. The van der Waals surface area contributed by atoms with E-state index in [1.54, 1.807) is 17.2 Å². The van der Waals surface area contributed by atoms with E-state index in [0.29, 0.717) is 17.1 Å². The van der Waals surface area contributed by atoms with Crippen molar-refractivity contribution in [2.45, 2.75) is 19.9 Å². The number of pyridine rings is 1. The van der Waals surface area contributed by atoms with Crippen LogP contribution in [0, 0.1) is 0 Å². The van der Waals surface area contributed by atoms with Gasteiger partial charge in [-0.15, -0.1) is 0 Å². The van der Waals surface area contributed by atoms with Gasteiger partial charge in [0.1, 0.15) is 0 Å². The number of nitrogens with zero attached hydrogens (tertiary/aromatic N) is 2. The summed E-state index contributed by atoms with van der Waals surface area (Å²) in [6, 6.07) is 1.79. The van der Waals surface area contributed by atoms with Gasteiger partial charge in [0, 0.05) is 30.3 Å². The van der Waals surface area contributed by atoms with Crippen LogP contribution >= 0.6 is 27.5 Å². The van der Waals surface area contributed by atoms with Crippen molar-refractivity contribution < 1.29 is 4.79 Å². The number of rotatable bonds is 4. The fourth-order valence-electron chi connectivity index (χ4n) is 1.39. The van der Waals surface area contributed by atoms with Crippen molar-refractivity contribution in [2.24, 2.45) is 0 Å². The van der Waals surface area contributed by atoms with Crippen LogP contribution in [0.15, 0.2) is 18.5 Å². The first kappa shape index (κ1) is 13.5. The molecule has 1 heterocycles. The summed E-state index contributed by atoms with van der Waals surface area (Å²) in [5, 5.41) is 1.15. The van der Waals surface area contributed by atoms with Crippen LogP contribution in [0.3, 0.4) is 0 Å². The highest BCUT2D eigenvalue weighted by molar-refractivity contribution is 9.09. The van der Waals surface area contributed by atoms with E-state index in [0.717, 1.165) is 5.33 Å². The van der Waals surface area contributed by atoms with E-state index < -0.39 is 0 Å². The van der Waals surface area contributed by atoms with Gasteiger partial charge in [0.25, 0.3) is 5.91 Å². The second-order valence-corrected chi connectivity index (χ2v) is 4.84. The summed E-state index contributed by atoms with van der Waals surface area (Å²) in [5.74, 6) is -0.0538. The minimum absolute atomic E-state index is 0.0538. The summed E-state index contributed by atoms with van der Waals surface area (Å²) < 4.78 is 0. The number of aromatic nitrogens is 1. The molecule has 0 fully saturated rings. The van der Waals surface area contributed by atoms with Crippen molar-refractivity contribution in [3.63, 3.8) is 0 Å². The standard InChI is InChI=1S/C11H14BrClN2O/c1-8(2)15(6-4-12)11(16)9-3-5-14-7-10(9)13/h3,5,7-8H,4,6H2,1-2H3. The van der Waals surface area contributed by atoms with Crippen molar-refractivity contribution in [3.8, 4) is 0 Å². The number of alkyl halides is 1. The van der Waals surface area contributed by atoms with Crippen LogP contribution in [0.4, 0.5) is 0 Å². The zero-order valence-corrected chi connectivity index (χ0v) is 11.6. The normalized spacial score (nSPS) is 10.6. The molecule has 0 saturated heterocycles. The van der Waals surface area contributed by atoms with Crippen molar-refractivity contribution in [3.05, 3.63) is 29.0 Å². The Kier molecular flexibility index (Phi) is 5.22. The third-order valence-corrected chi connectivity index (χ3v) is 2.87. The lowest BCUT2D eigenvalue weighted by molar-refractivity contribution is 0.0719. The van der Waals surface area contributed by atoms with Crippen LogP contribution in [-0.2, 0) is 0 Å². The highest BCUT2D eigenvalue weighted by Crippen LogP contribution is 2.17. The summed E-state index contributed by atoms with van der Waals surface area (Å²) in [4.78, 5) is 17.8. The molecule has 0 aliphatic carbocycles. The molecule has 88 valence electrons. The third kappa shape index (κ3) is 3.19. The van der Waals surface area contributed by atoms with Gasteiger partial charge in [0.05, 0.1) is 10.6 Å². The third-order valence-electron chi connectivity index (χ3n) is 2.21. The Labute approximate surface area is 109 Å². The molecular formula is C11H14BrClN2O. The number of hydrogen-bond donors (Lipinski definition) is 0. The van der Waals surface area contributed by atoms with Gasteiger partial charge in [-0.05, 0) is 19.9 Å². The number of amides is 1. The first-order valence-corrected chi connectivity index (χ1v) is 6.54. The lowest BCUT2D eigenvalue weighted by Crippen LogP contribution is -2.38. The van der Waals surface area contributed by atoms with Crippen molar-refractivity contribution in [1.82, 2.24) is 9.88 Å². The van der Waals surface area contributed by atoms with Gasteiger partial charge in [-0.1, -0.05) is 27.5 Å². The maximum Gasteiger partial charge on any atom is 0.255 e. The van der Waals surface area contributed by atoms with Crippen molar-refractivity contribution >= 4 is 33.4 Å². The highest BCUT2D eigenvalue weighted by atomic mass is 79.9. The molecule has 0 radical (unpaired) electrons. The molecule has 1 amide bonds. The lowest BCUT2D eigenvalue weighted by Gasteiger charge is -2.26. The van der Waals surface area contributed by atoms with Gasteiger partial charge in [0.15, 0.2) is 0 Å². The molecule has 16 heavy (non-hydrogen) atoms. The van der Waals surface area contributed by atoms with E-state index in [9.17, 15) is 4.79 Å². The second-order valence-electron chi connectivity index (χ2n) is 3.64. The molecule has 1 rings (SSSR count). The second kappa shape index (κ2) is 6.21. The molecule has 0 aliphatic rings. The average molecular weight is 306 g/mol. The summed E-state index contributed by atoms with van der Waals surface area (Å²) in [6.45, 7) is 4.63. The van der Waals surface area contributed by atoms with Crippen LogP contribution in [-0.4, -0.2) is 33.7 Å². The Morgan fingerprint density at radius 2 is 2.31 bits per heavy atom. The minimum atomic E-state index is -0.0538. The monoisotopic (exact) mass is 304 g/mol. The molecule has 0 unspecified atom stereocenters. The minimum Gasteiger partial charge on any atom is -0.335 e. The Morgan fingerprint density at radius 3 is 2.81 bits per heavy atom. The van der Waals surface area contributed by atoms with E-state index in [1.165, 1.54) is 6.20 Å². The lowest BCUT2D eigenvalue weighted by atomic mass is 10.2. The van der Waals surface area contributed by atoms with Crippen LogP contribution in [0.1, 0.15) is 24.2 Å². The number of carbonyl (C=O) groups is 1. The number of halogens is 2. The Balaban J connectivity index is 2.95. The SMILES string of the molecule is CC(C)N(CCBr)C(=O)c1ccncc1Cl. The summed E-state index contributed by atoms with van der Waals surface area (Å²) in [6.07, 6.45) is 3.06. The van der Waals surface area contributed by atoms with Crippen molar-refractivity contribution in [2.75, 3.05) is 11.9 Å². The molecular weight excluding hydrogens is 291 g/mol. The predicted molar refractivity (Wildman–Crippen MR) is 69.2 cm³/mol. The molecule has 0 aromatic carbocycles. The van der Waals surface area contributed by atoms with E-state index >= 15 is 0 Å². The fraction of sp³-hybridized carbons (Fsp3) is 0.455. The molecule has 0 spiro atoms. The molecule has 1 aromatic rings. The summed E-state index contributed by atoms with van der Waals surface area (Å²) >= 11 is 9.28. The van der Waals surface area contributed by atoms with Crippen LogP contribution in [0.5, 0.6) is 0 Å². The van der Waals surface area contributed by atoms with Gasteiger partial charge in [-0.3, -0.25) is 9.78 Å². The average Bonchev–Trinajstić information content (AvgIpc) is 2.25. The van der Waals surface area contributed by atoms with Gasteiger partial charge >= 0.3 is 0 Å². The Hall–Kier alpha value is -0.610. The topological polar surface area (TPSA) is 33.2 Å². The maximum absolute atomic E-state index is 12.2. The molecule has 0 saturated carbocycles. The molecule has 0 N–H and O–H groups in total. The van der Waals surface area contributed by atoms with Crippen LogP contribution < -0.4 is 0 Å². The molecule has 0 bridgehead atoms. The van der Waals surface area contributed by atoms with E-state index in [-0.39, 0.29) is 11.9 Å². The van der Waals surface area contributed by atoms with E-state index in [2.05, 4.69) is 20.9 Å². The van der Waals surface area contributed by atoms with E-state index in [4.69, 9.17) is 11.6 Å². The summed E-state index contributed by atoms with van der Waals surface area (Å²) in [7, 11) is 0. The van der Waals surface area contributed by atoms with Gasteiger partial charge < -0.3 is 4.90 Å². The first-order chi connectivity index (χ1) is 7.57. The van der Waals surface area contributed by atoms with Gasteiger partial charge in [0.2, 0.25) is 0 Å².